The van der Waals surface area contributed by atoms with Crippen LogP contribution in [0, 0.1) is 0 Å². The van der Waals surface area contributed by atoms with Crippen molar-refractivity contribution in [1.82, 2.24) is 0 Å². The molecule has 0 aliphatic rings. The highest BCUT2D eigenvalue weighted by Crippen LogP contribution is 2.48. The van der Waals surface area contributed by atoms with Crippen molar-refractivity contribution in [2.45, 2.75) is 0 Å². The summed E-state index contributed by atoms with van der Waals surface area (Å²) in [6.07, 6.45) is 0. The van der Waals surface area contributed by atoms with Crippen LogP contribution in [0.5, 0.6) is 0 Å². The predicted molar refractivity (Wildman–Crippen MR) is 89.4 cm³/mol. The molecule has 0 radical (unpaired) electrons. The lowest BCUT2D eigenvalue weighted by Crippen LogP contribution is -1.75. The van der Waals surface area contributed by atoms with Crippen LogP contribution in [0.25, 0.3) is 20.2 Å². The molecule has 0 nitrogen and oxygen atoms in total. The summed E-state index contributed by atoms with van der Waals surface area (Å²) >= 11 is 38.1. The van der Waals surface area contributed by atoms with Crippen LogP contribution in [0.3, 0.4) is 0 Å². The van der Waals surface area contributed by atoms with Gasteiger partial charge in [0.05, 0.1) is 39.5 Å². The van der Waals surface area contributed by atoms with E-state index in [1.54, 1.807) is 12.1 Å². The second-order valence-electron chi connectivity index (χ2n) is 3.83. The fourth-order valence-corrected chi connectivity index (χ4v) is 4.56. The molecular weight excluding hydrogens is 389 g/mol. The predicted octanol–water partition coefficient (Wildman–Crippen LogP) is 7.97. The maximum Gasteiger partial charge on any atom is 0.0793 e. The third-order valence-electron chi connectivity index (χ3n) is 2.73. The summed E-state index contributed by atoms with van der Waals surface area (Å²) in [5.74, 6) is 0. The van der Waals surface area contributed by atoms with Crippen molar-refractivity contribution in [3.63, 3.8) is 0 Å². The molecule has 3 aromatic rings. The molecule has 0 bridgehead atoms. The molecule has 0 aliphatic heterocycles. The Bertz CT molecular complexity index is 767. The molecule has 98 valence electrons. The van der Waals surface area contributed by atoms with E-state index in [0.717, 1.165) is 20.2 Å². The molecule has 0 unspecified atom stereocenters. The number of rotatable bonds is 0. The fraction of sp³-hybridized carbons (Fsp3) is 0. The van der Waals surface area contributed by atoms with E-state index in [0.29, 0.717) is 30.1 Å². The van der Waals surface area contributed by atoms with Gasteiger partial charge in [-0.15, -0.1) is 11.3 Å². The van der Waals surface area contributed by atoms with Crippen LogP contribution in [0.4, 0.5) is 0 Å². The van der Waals surface area contributed by atoms with Gasteiger partial charge in [-0.05, 0) is 12.1 Å². The third kappa shape index (κ3) is 2.11. The number of fused-ring (bicyclic) bond motifs is 3. The molecule has 0 amide bonds. The molecule has 2 aromatic carbocycles. The van der Waals surface area contributed by atoms with Crippen LogP contribution in [0.2, 0.25) is 30.1 Å². The van der Waals surface area contributed by atoms with Crippen LogP contribution >= 0.6 is 80.9 Å². The zero-order valence-corrected chi connectivity index (χ0v) is 14.2. The molecule has 3 rings (SSSR count). The molecule has 0 aliphatic carbocycles. The minimum atomic E-state index is 0.329. The maximum atomic E-state index is 6.22. The SMILES string of the molecule is Clc1cc2c(sc3c(Cl)c(Cl)c(Cl)cc32)c(Cl)c1Cl. The third-order valence-corrected chi connectivity index (χ3v) is 6.73. The first kappa shape index (κ1) is 14.3. The summed E-state index contributed by atoms with van der Waals surface area (Å²) < 4.78 is 1.62. The van der Waals surface area contributed by atoms with Gasteiger partial charge in [0.2, 0.25) is 0 Å². The molecule has 0 spiro atoms. The lowest BCUT2D eigenvalue weighted by atomic mass is 10.1. The van der Waals surface area contributed by atoms with Gasteiger partial charge in [0.15, 0.2) is 0 Å². The topological polar surface area (TPSA) is 0 Å². The van der Waals surface area contributed by atoms with Gasteiger partial charge in [-0.25, -0.2) is 0 Å². The second kappa shape index (κ2) is 4.99. The van der Waals surface area contributed by atoms with Gasteiger partial charge in [-0.1, -0.05) is 69.6 Å². The molecule has 0 N–H and O–H groups in total. The van der Waals surface area contributed by atoms with Crippen molar-refractivity contribution in [3.8, 4) is 0 Å². The fourth-order valence-electron chi connectivity index (χ4n) is 1.86. The Morgan fingerprint density at radius 1 is 0.579 bits per heavy atom. The van der Waals surface area contributed by atoms with Crippen molar-refractivity contribution in [3.05, 3.63) is 42.3 Å². The molecular formula is C12H2Cl6S. The Morgan fingerprint density at radius 3 is 1.32 bits per heavy atom. The van der Waals surface area contributed by atoms with Crippen LogP contribution in [-0.2, 0) is 0 Å². The van der Waals surface area contributed by atoms with Crippen molar-refractivity contribution in [1.29, 1.82) is 0 Å². The molecule has 1 heterocycles. The Morgan fingerprint density at radius 2 is 0.947 bits per heavy atom. The minimum Gasteiger partial charge on any atom is -0.132 e. The zero-order chi connectivity index (χ0) is 13.9. The monoisotopic (exact) mass is 388 g/mol. The van der Waals surface area contributed by atoms with E-state index in [4.69, 9.17) is 69.6 Å². The van der Waals surface area contributed by atoms with Gasteiger partial charge in [0.1, 0.15) is 0 Å². The second-order valence-corrected chi connectivity index (χ2v) is 7.18. The number of hydrogen-bond acceptors (Lipinski definition) is 1. The molecule has 7 heteroatoms. The van der Waals surface area contributed by atoms with Crippen molar-refractivity contribution in [2.75, 3.05) is 0 Å². The lowest BCUT2D eigenvalue weighted by Gasteiger charge is -2.02. The van der Waals surface area contributed by atoms with E-state index in [1.807, 2.05) is 0 Å². The Balaban J connectivity index is 2.61. The Labute approximate surface area is 142 Å². The smallest absolute Gasteiger partial charge is 0.0793 e. The summed E-state index contributed by atoms with van der Waals surface area (Å²) in [6, 6.07) is 3.51. The normalized spacial score (nSPS) is 11.7. The minimum absolute atomic E-state index is 0.329. The molecule has 1 aromatic heterocycles. The first-order valence-corrected chi connectivity index (χ1v) is 8.03. The van der Waals surface area contributed by atoms with Crippen LogP contribution in [-0.4, -0.2) is 0 Å². The van der Waals surface area contributed by atoms with Crippen molar-refractivity contribution >= 4 is 101 Å². The molecule has 0 saturated carbocycles. The van der Waals surface area contributed by atoms with E-state index in [1.165, 1.54) is 11.3 Å². The first-order valence-electron chi connectivity index (χ1n) is 4.95. The van der Waals surface area contributed by atoms with Gasteiger partial charge in [-0.2, -0.15) is 0 Å². The van der Waals surface area contributed by atoms with E-state index < -0.39 is 0 Å². The molecule has 19 heavy (non-hydrogen) atoms. The molecule has 0 atom stereocenters. The van der Waals surface area contributed by atoms with Gasteiger partial charge < -0.3 is 0 Å². The summed E-state index contributed by atoms with van der Waals surface area (Å²) in [5.41, 5.74) is 0. The zero-order valence-electron chi connectivity index (χ0n) is 8.83. The average molecular weight is 391 g/mol. The summed E-state index contributed by atoms with van der Waals surface area (Å²) in [4.78, 5) is 0. The van der Waals surface area contributed by atoms with Crippen molar-refractivity contribution < 1.29 is 0 Å². The lowest BCUT2D eigenvalue weighted by molar-refractivity contribution is 1.82. The summed E-state index contributed by atoms with van der Waals surface area (Å²) in [7, 11) is 0. The van der Waals surface area contributed by atoms with E-state index in [9.17, 15) is 0 Å². The number of thiophene rings is 1. The Hall–Kier alpha value is 0.400. The van der Waals surface area contributed by atoms with Gasteiger partial charge in [0.25, 0.3) is 0 Å². The standard InChI is InChI=1S/C12H2Cl6S/c13-5-1-3-4-2-6(14)8(16)10(18)12(4)19-11(3)9(17)7(5)15/h1-2H. The molecule has 0 saturated heterocycles. The largest absolute Gasteiger partial charge is 0.132 e. The first-order chi connectivity index (χ1) is 8.91. The van der Waals surface area contributed by atoms with Crippen molar-refractivity contribution in [2.24, 2.45) is 0 Å². The van der Waals surface area contributed by atoms with Crippen LogP contribution < -0.4 is 0 Å². The van der Waals surface area contributed by atoms with Gasteiger partial charge in [-0.3, -0.25) is 0 Å². The quantitative estimate of drug-likeness (QED) is 0.341. The molecule has 0 fully saturated rings. The maximum absolute atomic E-state index is 6.22. The summed E-state index contributed by atoms with van der Waals surface area (Å²) in [6.45, 7) is 0. The number of hydrogen-bond donors (Lipinski definition) is 0. The number of halogens is 6. The average Bonchev–Trinajstić information content (AvgIpc) is 2.73. The highest BCUT2D eigenvalue weighted by Gasteiger charge is 2.18. The van der Waals surface area contributed by atoms with E-state index in [2.05, 4.69) is 0 Å². The highest BCUT2D eigenvalue weighted by atomic mass is 35.5. The van der Waals surface area contributed by atoms with Gasteiger partial charge >= 0.3 is 0 Å². The van der Waals surface area contributed by atoms with Gasteiger partial charge in [0, 0.05) is 10.8 Å². The Kier molecular flexibility index (Phi) is 3.77. The van der Waals surface area contributed by atoms with Crippen LogP contribution in [0.15, 0.2) is 12.1 Å². The highest BCUT2D eigenvalue weighted by molar-refractivity contribution is 7.27. The summed E-state index contributed by atoms with van der Waals surface area (Å²) in [5, 5.41) is 3.98. The number of benzene rings is 2. The van der Waals surface area contributed by atoms with E-state index in [-0.39, 0.29) is 0 Å². The van der Waals surface area contributed by atoms with E-state index >= 15 is 0 Å². The van der Waals surface area contributed by atoms with Crippen LogP contribution in [0.1, 0.15) is 0 Å².